The number of aliphatic imine (C=N–C) groups is 1. The number of benzene rings is 2. The number of amidine groups is 1. The van der Waals surface area contributed by atoms with Crippen molar-refractivity contribution in [2.45, 2.75) is 66.3 Å². The Kier molecular flexibility index (Phi) is 11.8. The van der Waals surface area contributed by atoms with E-state index in [9.17, 15) is 0 Å². The zero-order chi connectivity index (χ0) is 29.1. The Morgan fingerprint density at radius 2 is 1.55 bits per heavy atom. The summed E-state index contributed by atoms with van der Waals surface area (Å²) < 4.78 is 0. The standard InChI is InChI=1S/C35H42N2.C3H6/c1-7-16-33-28(5)37(35(30-18-10-8-11-19-30)31-20-12-9-13-21-31)29(6)36-34(33)24-25(2)23-27(4)32-22-15-14-17-26(32)3;1-3-2/h8-15,17-22,25-26,32,35H,4-5,7,16,23-24H2,1-3,6H3;3H,1H2,2H3. The minimum absolute atomic E-state index is 0.0388. The molecule has 0 bridgehead atoms. The first kappa shape index (κ1) is 30.9. The molecule has 0 amide bonds. The lowest BCUT2D eigenvalue weighted by atomic mass is 9.80. The Labute approximate surface area is 243 Å². The third-order valence-corrected chi connectivity index (χ3v) is 7.66. The van der Waals surface area contributed by atoms with E-state index in [2.05, 4.69) is 137 Å². The average Bonchev–Trinajstić information content (AvgIpc) is 2.94. The van der Waals surface area contributed by atoms with Gasteiger partial charge in [-0.05, 0) is 61.6 Å². The molecule has 0 N–H and O–H groups in total. The fourth-order valence-corrected chi connectivity index (χ4v) is 5.85. The van der Waals surface area contributed by atoms with Crippen LogP contribution in [0.25, 0.3) is 0 Å². The van der Waals surface area contributed by atoms with Crippen molar-refractivity contribution in [2.75, 3.05) is 0 Å². The highest BCUT2D eigenvalue weighted by atomic mass is 15.2. The van der Waals surface area contributed by atoms with Crippen molar-refractivity contribution >= 4 is 5.84 Å². The van der Waals surface area contributed by atoms with Gasteiger partial charge < -0.3 is 4.90 Å². The lowest BCUT2D eigenvalue weighted by Gasteiger charge is -2.39. The molecule has 210 valence electrons. The molecular formula is C38H48N2. The molecule has 2 aliphatic rings. The van der Waals surface area contributed by atoms with Gasteiger partial charge in [0, 0.05) is 17.3 Å². The van der Waals surface area contributed by atoms with Crippen LogP contribution in [0.4, 0.5) is 0 Å². The van der Waals surface area contributed by atoms with E-state index in [4.69, 9.17) is 4.99 Å². The largest absolute Gasteiger partial charge is 0.319 e. The second-order valence-electron chi connectivity index (χ2n) is 11.1. The Morgan fingerprint density at radius 1 is 1.00 bits per heavy atom. The van der Waals surface area contributed by atoms with Crippen LogP contribution in [0.2, 0.25) is 0 Å². The number of rotatable bonds is 10. The maximum Gasteiger partial charge on any atom is 0.107 e. The fraction of sp³-hybridized carbons (Fsp3) is 0.342. The van der Waals surface area contributed by atoms with Gasteiger partial charge >= 0.3 is 0 Å². The molecule has 1 heterocycles. The maximum atomic E-state index is 5.27. The van der Waals surface area contributed by atoms with Gasteiger partial charge in [-0.25, -0.2) is 4.99 Å². The van der Waals surface area contributed by atoms with Gasteiger partial charge in [0.2, 0.25) is 0 Å². The number of nitrogens with zero attached hydrogens (tertiary/aromatic N) is 2. The second kappa shape index (κ2) is 15.2. The van der Waals surface area contributed by atoms with Crippen molar-refractivity contribution in [1.29, 1.82) is 0 Å². The molecule has 0 saturated carbocycles. The molecule has 0 spiro atoms. The molecule has 0 fully saturated rings. The maximum absolute atomic E-state index is 5.27. The molecule has 2 nitrogen and oxygen atoms in total. The molecule has 1 aliphatic carbocycles. The number of hydrogen-bond donors (Lipinski definition) is 0. The topological polar surface area (TPSA) is 15.6 Å². The van der Waals surface area contributed by atoms with Crippen LogP contribution in [-0.2, 0) is 0 Å². The summed E-state index contributed by atoms with van der Waals surface area (Å²) in [6, 6.07) is 21.5. The molecule has 2 aromatic carbocycles. The average molecular weight is 533 g/mol. The Balaban J connectivity index is 0.00000141. The van der Waals surface area contributed by atoms with Crippen LogP contribution in [-0.4, -0.2) is 10.7 Å². The van der Waals surface area contributed by atoms with Gasteiger partial charge in [-0.2, -0.15) is 0 Å². The summed E-state index contributed by atoms with van der Waals surface area (Å²) in [5, 5.41) is 0. The van der Waals surface area contributed by atoms with Crippen LogP contribution in [0, 0.1) is 17.8 Å². The minimum Gasteiger partial charge on any atom is -0.319 e. The van der Waals surface area contributed by atoms with E-state index in [0.29, 0.717) is 17.8 Å². The first-order valence-electron chi connectivity index (χ1n) is 14.8. The first-order valence-corrected chi connectivity index (χ1v) is 14.8. The summed E-state index contributed by atoms with van der Waals surface area (Å²) in [4.78, 5) is 7.62. The van der Waals surface area contributed by atoms with E-state index in [1.807, 2.05) is 6.92 Å². The van der Waals surface area contributed by atoms with Gasteiger partial charge in [-0.1, -0.05) is 137 Å². The number of allylic oxidation sites excluding steroid dienone is 8. The Bertz CT molecular complexity index is 1220. The minimum atomic E-state index is 0.0388. The monoisotopic (exact) mass is 532 g/mol. The summed E-state index contributed by atoms with van der Waals surface area (Å²) >= 11 is 0. The number of hydrogen-bond acceptors (Lipinski definition) is 2. The highest BCUT2D eigenvalue weighted by Crippen LogP contribution is 2.40. The summed E-state index contributed by atoms with van der Waals surface area (Å²) in [5.41, 5.74) is 7.41. The van der Waals surface area contributed by atoms with Gasteiger partial charge in [0.1, 0.15) is 5.84 Å². The molecule has 0 radical (unpaired) electrons. The van der Waals surface area contributed by atoms with Crippen LogP contribution >= 0.6 is 0 Å². The fourth-order valence-electron chi connectivity index (χ4n) is 5.85. The quantitative estimate of drug-likeness (QED) is 0.278. The summed E-state index contributed by atoms with van der Waals surface area (Å²) in [7, 11) is 0. The van der Waals surface area contributed by atoms with E-state index in [1.54, 1.807) is 6.08 Å². The van der Waals surface area contributed by atoms with E-state index in [0.717, 1.165) is 37.2 Å². The molecule has 0 saturated heterocycles. The SMILES string of the molecule is C=C(CC(C)CC1=C(CCC)C(=C)N(C(c2ccccc2)c2ccccc2)C(C)=N1)C1C=CC=CC1C.C=CC. The van der Waals surface area contributed by atoms with E-state index < -0.39 is 0 Å². The second-order valence-corrected chi connectivity index (χ2v) is 11.1. The first-order chi connectivity index (χ1) is 19.3. The zero-order valence-corrected chi connectivity index (χ0v) is 25.3. The smallest absolute Gasteiger partial charge is 0.107 e. The van der Waals surface area contributed by atoms with Crippen molar-refractivity contribution in [2.24, 2.45) is 22.7 Å². The van der Waals surface area contributed by atoms with E-state index in [1.165, 1.54) is 28.0 Å². The normalized spacial score (nSPS) is 19.2. The van der Waals surface area contributed by atoms with Gasteiger partial charge in [-0.3, -0.25) is 0 Å². The predicted molar refractivity (Wildman–Crippen MR) is 175 cm³/mol. The van der Waals surface area contributed by atoms with E-state index >= 15 is 0 Å². The van der Waals surface area contributed by atoms with Gasteiger partial charge in [-0.15, -0.1) is 6.58 Å². The van der Waals surface area contributed by atoms with Crippen LogP contribution < -0.4 is 0 Å². The molecular weight excluding hydrogens is 484 g/mol. The van der Waals surface area contributed by atoms with Gasteiger partial charge in [0.25, 0.3) is 0 Å². The highest BCUT2D eigenvalue weighted by molar-refractivity contribution is 5.86. The van der Waals surface area contributed by atoms with Gasteiger partial charge in [0.05, 0.1) is 6.04 Å². The van der Waals surface area contributed by atoms with Crippen molar-refractivity contribution in [3.8, 4) is 0 Å². The molecule has 2 heteroatoms. The van der Waals surface area contributed by atoms with E-state index in [-0.39, 0.29) is 6.04 Å². The Hall–Kier alpha value is -3.65. The summed E-state index contributed by atoms with van der Waals surface area (Å²) in [6.07, 6.45) is 14.7. The van der Waals surface area contributed by atoms with Crippen molar-refractivity contribution < 1.29 is 0 Å². The van der Waals surface area contributed by atoms with Crippen LogP contribution in [0.15, 0.2) is 138 Å². The van der Waals surface area contributed by atoms with Crippen molar-refractivity contribution in [3.63, 3.8) is 0 Å². The van der Waals surface area contributed by atoms with Crippen LogP contribution in [0.1, 0.15) is 77.5 Å². The molecule has 2 aromatic rings. The molecule has 40 heavy (non-hydrogen) atoms. The lowest BCUT2D eigenvalue weighted by Crippen LogP contribution is -2.36. The molecule has 1 aliphatic heterocycles. The lowest BCUT2D eigenvalue weighted by molar-refractivity contribution is 0.425. The van der Waals surface area contributed by atoms with Crippen LogP contribution in [0.5, 0.6) is 0 Å². The third-order valence-electron chi connectivity index (χ3n) is 7.66. The highest BCUT2D eigenvalue weighted by Gasteiger charge is 2.31. The molecule has 3 unspecified atom stereocenters. The molecule has 3 atom stereocenters. The Morgan fingerprint density at radius 3 is 2.08 bits per heavy atom. The van der Waals surface area contributed by atoms with Gasteiger partial charge in [0.15, 0.2) is 0 Å². The van der Waals surface area contributed by atoms with Crippen LogP contribution in [0.3, 0.4) is 0 Å². The summed E-state index contributed by atoms with van der Waals surface area (Å²) in [5.74, 6) is 2.42. The van der Waals surface area contributed by atoms with Crippen molar-refractivity contribution in [1.82, 2.24) is 4.90 Å². The zero-order valence-electron chi connectivity index (χ0n) is 25.3. The predicted octanol–water partition coefficient (Wildman–Crippen LogP) is 10.6. The third kappa shape index (κ3) is 7.72. The molecule has 4 rings (SSSR count). The van der Waals surface area contributed by atoms with Crippen molar-refractivity contribution in [3.05, 3.63) is 144 Å². The summed E-state index contributed by atoms with van der Waals surface area (Å²) in [6.45, 7) is 23.4. The molecule has 0 aromatic heterocycles.